The highest BCUT2D eigenvalue weighted by Gasteiger charge is 2.19. The fraction of sp³-hybridized carbons (Fsp3) is 0.312. The van der Waals surface area contributed by atoms with Gasteiger partial charge in [-0.15, -0.1) is 0 Å². The highest BCUT2D eigenvalue weighted by atomic mass is 16.3. The van der Waals surface area contributed by atoms with E-state index < -0.39 is 11.2 Å². The van der Waals surface area contributed by atoms with Gasteiger partial charge in [-0.25, -0.2) is 9.48 Å². The Morgan fingerprint density at radius 1 is 1.22 bits per heavy atom. The summed E-state index contributed by atoms with van der Waals surface area (Å²) in [5, 5.41) is 14.0. The van der Waals surface area contributed by atoms with Gasteiger partial charge in [-0.3, -0.25) is 14.8 Å². The Morgan fingerprint density at radius 2 is 1.91 bits per heavy atom. The fourth-order valence-corrected chi connectivity index (χ4v) is 2.69. The SMILES string of the molecule is Cc1ccc([C@H](C)n2nc(CCO)c3c(=O)[nH]c(=O)[nH]c32)cc1. The first-order valence-electron chi connectivity index (χ1n) is 7.42. The van der Waals surface area contributed by atoms with Gasteiger partial charge < -0.3 is 5.11 Å². The van der Waals surface area contributed by atoms with E-state index in [2.05, 4.69) is 15.1 Å². The summed E-state index contributed by atoms with van der Waals surface area (Å²) >= 11 is 0. The summed E-state index contributed by atoms with van der Waals surface area (Å²) in [5.41, 5.74) is 1.94. The van der Waals surface area contributed by atoms with Gasteiger partial charge in [-0.2, -0.15) is 5.10 Å². The number of aryl methyl sites for hydroxylation is 1. The molecule has 0 unspecified atom stereocenters. The van der Waals surface area contributed by atoms with Crippen molar-refractivity contribution in [3.63, 3.8) is 0 Å². The average molecular weight is 314 g/mol. The van der Waals surface area contributed by atoms with Gasteiger partial charge >= 0.3 is 5.69 Å². The van der Waals surface area contributed by atoms with Gasteiger partial charge in [0.05, 0.1) is 11.7 Å². The van der Waals surface area contributed by atoms with Crippen molar-refractivity contribution in [2.75, 3.05) is 6.61 Å². The topological polar surface area (TPSA) is 104 Å². The Labute approximate surface area is 131 Å². The molecular weight excluding hydrogens is 296 g/mol. The number of nitrogens with one attached hydrogen (secondary N) is 2. The van der Waals surface area contributed by atoms with Crippen LogP contribution in [0.2, 0.25) is 0 Å². The zero-order valence-electron chi connectivity index (χ0n) is 13.0. The van der Waals surface area contributed by atoms with E-state index in [1.54, 1.807) is 4.68 Å². The number of aromatic nitrogens is 4. The minimum atomic E-state index is -0.574. The van der Waals surface area contributed by atoms with Crippen LogP contribution in [0.4, 0.5) is 0 Å². The van der Waals surface area contributed by atoms with E-state index in [1.807, 2.05) is 38.1 Å². The molecule has 7 heteroatoms. The zero-order valence-corrected chi connectivity index (χ0v) is 13.0. The van der Waals surface area contributed by atoms with Crippen molar-refractivity contribution in [2.45, 2.75) is 26.3 Å². The van der Waals surface area contributed by atoms with Gasteiger partial charge in [0.2, 0.25) is 0 Å². The third kappa shape index (κ3) is 2.70. The van der Waals surface area contributed by atoms with Crippen molar-refractivity contribution < 1.29 is 5.11 Å². The molecule has 0 aliphatic carbocycles. The molecule has 0 saturated carbocycles. The van der Waals surface area contributed by atoms with E-state index in [-0.39, 0.29) is 19.1 Å². The first kappa shape index (κ1) is 15.2. The van der Waals surface area contributed by atoms with Gasteiger partial charge in [0.25, 0.3) is 5.56 Å². The molecule has 0 spiro atoms. The first-order valence-corrected chi connectivity index (χ1v) is 7.42. The molecule has 2 aromatic heterocycles. The fourth-order valence-electron chi connectivity index (χ4n) is 2.69. The van der Waals surface area contributed by atoms with Gasteiger partial charge in [-0.1, -0.05) is 29.8 Å². The van der Waals surface area contributed by atoms with Crippen molar-refractivity contribution in [1.29, 1.82) is 0 Å². The maximum atomic E-state index is 12.1. The summed E-state index contributed by atoms with van der Waals surface area (Å²) in [6, 6.07) is 7.82. The Kier molecular flexibility index (Phi) is 3.87. The molecule has 0 bridgehead atoms. The summed E-state index contributed by atoms with van der Waals surface area (Å²) in [6.07, 6.45) is 0.249. The first-order chi connectivity index (χ1) is 11.0. The number of hydrogen-bond acceptors (Lipinski definition) is 4. The normalized spacial score (nSPS) is 12.7. The zero-order chi connectivity index (χ0) is 16.6. The van der Waals surface area contributed by atoms with E-state index in [9.17, 15) is 14.7 Å². The molecule has 2 heterocycles. The second-order valence-electron chi connectivity index (χ2n) is 5.58. The van der Waals surface area contributed by atoms with Gasteiger partial charge in [0.1, 0.15) is 11.0 Å². The molecule has 0 aliphatic rings. The molecular formula is C16H18N4O3. The number of benzene rings is 1. The second-order valence-corrected chi connectivity index (χ2v) is 5.58. The lowest BCUT2D eigenvalue weighted by Gasteiger charge is -2.13. The van der Waals surface area contributed by atoms with Crippen molar-refractivity contribution in [3.8, 4) is 0 Å². The number of hydrogen-bond donors (Lipinski definition) is 3. The molecule has 0 aliphatic heterocycles. The average Bonchev–Trinajstić information content (AvgIpc) is 2.86. The van der Waals surface area contributed by atoms with Crippen molar-refractivity contribution in [3.05, 3.63) is 61.9 Å². The Balaban J connectivity index is 2.22. The number of H-pyrrole nitrogens is 2. The summed E-state index contributed by atoms with van der Waals surface area (Å²) in [5.74, 6) is 0. The molecule has 120 valence electrons. The van der Waals surface area contributed by atoms with Crippen LogP contribution in [0.3, 0.4) is 0 Å². The number of aliphatic hydroxyl groups is 1. The van der Waals surface area contributed by atoms with Gasteiger partial charge in [0.15, 0.2) is 0 Å². The number of aromatic amines is 2. The van der Waals surface area contributed by atoms with Crippen LogP contribution >= 0.6 is 0 Å². The highest BCUT2D eigenvalue weighted by molar-refractivity contribution is 5.77. The molecule has 3 N–H and O–H groups in total. The molecule has 7 nitrogen and oxygen atoms in total. The van der Waals surface area contributed by atoms with Crippen LogP contribution < -0.4 is 11.2 Å². The predicted octanol–water partition coefficient (Wildman–Crippen LogP) is 0.865. The van der Waals surface area contributed by atoms with E-state index in [1.165, 1.54) is 0 Å². The molecule has 23 heavy (non-hydrogen) atoms. The lowest BCUT2D eigenvalue weighted by atomic mass is 10.1. The molecule has 3 rings (SSSR count). The van der Waals surface area contributed by atoms with Crippen LogP contribution in [0.25, 0.3) is 11.0 Å². The van der Waals surface area contributed by atoms with Crippen LogP contribution in [0, 0.1) is 6.92 Å². The maximum Gasteiger partial charge on any atom is 0.327 e. The molecule has 3 aromatic rings. The van der Waals surface area contributed by atoms with Crippen molar-refractivity contribution >= 4 is 11.0 Å². The summed E-state index contributed by atoms with van der Waals surface area (Å²) in [4.78, 5) is 28.6. The minimum Gasteiger partial charge on any atom is -0.396 e. The molecule has 0 amide bonds. The maximum absolute atomic E-state index is 12.1. The molecule has 0 radical (unpaired) electrons. The smallest absolute Gasteiger partial charge is 0.327 e. The number of nitrogens with zero attached hydrogens (tertiary/aromatic N) is 2. The van der Waals surface area contributed by atoms with Crippen LogP contribution in [-0.4, -0.2) is 31.5 Å². The molecule has 1 atom stereocenters. The summed E-state index contributed by atoms with van der Waals surface area (Å²) in [7, 11) is 0. The third-order valence-electron chi connectivity index (χ3n) is 3.94. The number of fused-ring (bicyclic) bond motifs is 1. The van der Waals surface area contributed by atoms with E-state index in [4.69, 9.17) is 0 Å². The van der Waals surface area contributed by atoms with E-state index >= 15 is 0 Å². The van der Waals surface area contributed by atoms with Crippen LogP contribution in [0.15, 0.2) is 33.9 Å². The lowest BCUT2D eigenvalue weighted by Crippen LogP contribution is -2.23. The monoisotopic (exact) mass is 314 g/mol. The highest BCUT2D eigenvalue weighted by Crippen LogP contribution is 2.22. The second kappa shape index (κ2) is 5.85. The van der Waals surface area contributed by atoms with Crippen LogP contribution in [0.1, 0.15) is 29.8 Å². The summed E-state index contributed by atoms with van der Waals surface area (Å²) in [6.45, 7) is 3.83. The van der Waals surface area contributed by atoms with E-state index in [0.29, 0.717) is 16.7 Å². The van der Waals surface area contributed by atoms with Crippen molar-refractivity contribution in [1.82, 2.24) is 19.7 Å². The molecule has 0 fully saturated rings. The minimum absolute atomic E-state index is 0.121. The van der Waals surface area contributed by atoms with Gasteiger partial charge in [0, 0.05) is 13.0 Å². The van der Waals surface area contributed by atoms with Crippen LogP contribution in [0.5, 0.6) is 0 Å². The predicted molar refractivity (Wildman–Crippen MR) is 86.8 cm³/mol. The summed E-state index contributed by atoms with van der Waals surface area (Å²) < 4.78 is 1.63. The van der Waals surface area contributed by atoms with E-state index in [0.717, 1.165) is 11.1 Å². The Bertz CT molecular complexity index is 950. The Hall–Kier alpha value is -2.67. The number of aliphatic hydroxyl groups excluding tert-OH is 1. The third-order valence-corrected chi connectivity index (χ3v) is 3.94. The standard InChI is InChI=1S/C16H18N4O3/c1-9-3-5-11(6-4-9)10(2)20-14-13(12(19-20)7-8-21)15(22)18-16(23)17-14/h3-6,10,21H,7-8H2,1-2H3,(H2,17,18,22,23)/t10-/m0/s1. The van der Waals surface area contributed by atoms with Crippen LogP contribution in [-0.2, 0) is 6.42 Å². The van der Waals surface area contributed by atoms with Crippen molar-refractivity contribution in [2.24, 2.45) is 0 Å². The largest absolute Gasteiger partial charge is 0.396 e. The Morgan fingerprint density at radius 3 is 2.57 bits per heavy atom. The molecule has 0 saturated heterocycles. The van der Waals surface area contributed by atoms with Gasteiger partial charge in [-0.05, 0) is 19.4 Å². The lowest BCUT2D eigenvalue weighted by molar-refractivity contribution is 0.298. The number of rotatable bonds is 4. The quantitative estimate of drug-likeness (QED) is 0.664. The molecule has 1 aromatic carbocycles.